The van der Waals surface area contributed by atoms with Crippen LogP contribution in [0.25, 0.3) is 0 Å². The molecule has 0 aliphatic rings. The van der Waals surface area contributed by atoms with Gasteiger partial charge in [0.25, 0.3) is 0 Å². The molecule has 2 N–H and O–H groups in total. The molecule has 0 aromatic heterocycles. The van der Waals surface area contributed by atoms with Crippen molar-refractivity contribution < 1.29 is 14.3 Å². The number of para-hydroxylation sites is 1. The molecule has 1 atom stereocenters. The SMILES string of the molecule is CC(=O)NC(CC(=O)Nc1ccc(Oc2ccccc2)cc1)c1ccccc1. The predicted molar refractivity (Wildman–Crippen MR) is 109 cm³/mol. The Kier molecular flexibility index (Phi) is 6.41. The summed E-state index contributed by atoms with van der Waals surface area (Å²) in [5.41, 5.74) is 1.56. The summed E-state index contributed by atoms with van der Waals surface area (Å²) in [7, 11) is 0. The van der Waals surface area contributed by atoms with Crippen LogP contribution in [0.15, 0.2) is 84.9 Å². The fraction of sp³-hybridized carbons (Fsp3) is 0.130. The van der Waals surface area contributed by atoms with Gasteiger partial charge < -0.3 is 15.4 Å². The lowest BCUT2D eigenvalue weighted by atomic mass is 10.0. The first-order chi connectivity index (χ1) is 13.6. The average Bonchev–Trinajstić information content (AvgIpc) is 2.70. The molecule has 5 nitrogen and oxygen atoms in total. The normalized spacial score (nSPS) is 11.3. The molecule has 0 aliphatic carbocycles. The zero-order valence-corrected chi connectivity index (χ0v) is 15.6. The summed E-state index contributed by atoms with van der Waals surface area (Å²) in [6.07, 6.45) is 0.145. The smallest absolute Gasteiger partial charge is 0.226 e. The van der Waals surface area contributed by atoms with E-state index in [0.29, 0.717) is 11.4 Å². The Bertz CT molecular complexity index is 910. The molecule has 0 radical (unpaired) electrons. The summed E-state index contributed by atoms with van der Waals surface area (Å²) < 4.78 is 5.74. The van der Waals surface area contributed by atoms with Crippen LogP contribution in [-0.2, 0) is 9.59 Å². The number of hydrogen-bond acceptors (Lipinski definition) is 3. The van der Waals surface area contributed by atoms with Gasteiger partial charge in [-0.2, -0.15) is 0 Å². The van der Waals surface area contributed by atoms with Crippen LogP contribution in [0.1, 0.15) is 24.9 Å². The van der Waals surface area contributed by atoms with Gasteiger partial charge in [0.15, 0.2) is 0 Å². The fourth-order valence-electron chi connectivity index (χ4n) is 2.81. The van der Waals surface area contributed by atoms with Crippen molar-refractivity contribution >= 4 is 17.5 Å². The van der Waals surface area contributed by atoms with Crippen molar-refractivity contribution in [2.24, 2.45) is 0 Å². The van der Waals surface area contributed by atoms with E-state index in [1.807, 2.05) is 60.7 Å². The molecule has 0 saturated heterocycles. The highest BCUT2D eigenvalue weighted by molar-refractivity contribution is 5.91. The maximum atomic E-state index is 12.5. The predicted octanol–water partition coefficient (Wildman–Crippen LogP) is 4.68. The minimum Gasteiger partial charge on any atom is -0.457 e. The molecular weight excluding hydrogens is 352 g/mol. The molecule has 0 saturated carbocycles. The van der Waals surface area contributed by atoms with Crippen molar-refractivity contribution in [2.75, 3.05) is 5.32 Å². The van der Waals surface area contributed by atoms with Crippen LogP contribution in [0, 0.1) is 0 Å². The number of ether oxygens (including phenoxy) is 1. The molecule has 0 bridgehead atoms. The molecule has 0 fully saturated rings. The van der Waals surface area contributed by atoms with E-state index in [1.165, 1.54) is 6.92 Å². The minimum absolute atomic E-state index is 0.145. The van der Waals surface area contributed by atoms with Crippen LogP contribution < -0.4 is 15.4 Å². The van der Waals surface area contributed by atoms with Crippen molar-refractivity contribution in [3.63, 3.8) is 0 Å². The molecule has 0 aliphatic heterocycles. The third-order valence-electron chi connectivity index (χ3n) is 4.09. The lowest BCUT2D eigenvalue weighted by Gasteiger charge is -2.18. The van der Waals surface area contributed by atoms with Gasteiger partial charge in [-0.25, -0.2) is 0 Å². The Balaban J connectivity index is 1.60. The highest BCUT2D eigenvalue weighted by Gasteiger charge is 2.17. The van der Waals surface area contributed by atoms with E-state index in [2.05, 4.69) is 10.6 Å². The van der Waals surface area contributed by atoms with Crippen molar-refractivity contribution in [1.82, 2.24) is 5.32 Å². The minimum atomic E-state index is -0.376. The quantitative estimate of drug-likeness (QED) is 0.631. The zero-order valence-electron chi connectivity index (χ0n) is 15.6. The number of carbonyl (C=O) groups is 2. The summed E-state index contributed by atoms with van der Waals surface area (Å²) >= 11 is 0. The fourth-order valence-corrected chi connectivity index (χ4v) is 2.81. The molecule has 28 heavy (non-hydrogen) atoms. The second-order valence-corrected chi connectivity index (χ2v) is 6.36. The van der Waals surface area contributed by atoms with Crippen LogP contribution in [0.4, 0.5) is 5.69 Å². The molecule has 3 aromatic carbocycles. The van der Waals surface area contributed by atoms with Crippen molar-refractivity contribution in [1.29, 1.82) is 0 Å². The first-order valence-electron chi connectivity index (χ1n) is 9.05. The van der Waals surface area contributed by atoms with Crippen molar-refractivity contribution in [3.05, 3.63) is 90.5 Å². The summed E-state index contributed by atoms with van der Waals surface area (Å²) in [5.74, 6) is 1.08. The Morgan fingerprint density at radius 2 is 1.39 bits per heavy atom. The molecule has 3 rings (SSSR count). The highest BCUT2D eigenvalue weighted by Crippen LogP contribution is 2.23. The van der Waals surface area contributed by atoms with Crippen LogP contribution in [-0.4, -0.2) is 11.8 Å². The molecule has 142 valence electrons. The maximum Gasteiger partial charge on any atom is 0.226 e. The van der Waals surface area contributed by atoms with Gasteiger partial charge in [0.05, 0.1) is 12.5 Å². The van der Waals surface area contributed by atoms with E-state index in [9.17, 15) is 9.59 Å². The van der Waals surface area contributed by atoms with Crippen LogP contribution in [0.5, 0.6) is 11.5 Å². The van der Waals surface area contributed by atoms with Crippen LogP contribution in [0.3, 0.4) is 0 Å². The Morgan fingerprint density at radius 3 is 2.00 bits per heavy atom. The summed E-state index contributed by atoms with van der Waals surface area (Å²) in [6, 6.07) is 25.7. The Labute approximate surface area is 164 Å². The van der Waals surface area contributed by atoms with Gasteiger partial charge in [-0.05, 0) is 42.0 Å². The number of anilines is 1. The standard InChI is InChI=1S/C23H22N2O3/c1-17(26)24-22(18-8-4-2-5-9-18)16-23(27)25-19-12-14-21(15-13-19)28-20-10-6-3-7-11-20/h2-15,22H,16H2,1H3,(H,24,26)(H,25,27). The zero-order chi connectivity index (χ0) is 19.8. The maximum absolute atomic E-state index is 12.5. The van der Waals surface area contributed by atoms with Gasteiger partial charge in [-0.3, -0.25) is 9.59 Å². The second kappa shape index (κ2) is 9.37. The third-order valence-corrected chi connectivity index (χ3v) is 4.09. The Morgan fingerprint density at radius 1 is 0.821 bits per heavy atom. The lowest BCUT2D eigenvalue weighted by Crippen LogP contribution is -2.29. The van der Waals surface area contributed by atoms with E-state index in [-0.39, 0.29) is 24.3 Å². The molecule has 0 heterocycles. The van der Waals surface area contributed by atoms with Crippen molar-refractivity contribution in [2.45, 2.75) is 19.4 Å². The molecule has 1 unspecified atom stereocenters. The lowest BCUT2D eigenvalue weighted by molar-refractivity contribution is -0.120. The van der Waals surface area contributed by atoms with Crippen molar-refractivity contribution in [3.8, 4) is 11.5 Å². The molecule has 0 spiro atoms. The van der Waals surface area contributed by atoms with Crippen LogP contribution in [0.2, 0.25) is 0 Å². The Hall–Kier alpha value is -3.60. The number of hydrogen-bond donors (Lipinski definition) is 2. The number of carbonyl (C=O) groups excluding carboxylic acids is 2. The number of nitrogens with one attached hydrogen (secondary N) is 2. The van der Waals surface area contributed by atoms with Crippen LogP contribution >= 0.6 is 0 Å². The van der Waals surface area contributed by atoms with Gasteiger partial charge in [0.2, 0.25) is 11.8 Å². The third kappa shape index (κ3) is 5.71. The molecule has 2 amide bonds. The van der Waals surface area contributed by atoms with Gasteiger partial charge >= 0.3 is 0 Å². The molecule has 3 aromatic rings. The van der Waals surface area contributed by atoms with Gasteiger partial charge in [-0.1, -0.05) is 48.5 Å². The monoisotopic (exact) mass is 374 g/mol. The van der Waals surface area contributed by atoms with E-state index in [0.717, 1.165) is 11.3 Å². The highest BCUT2D eigenvalue weighted by atomic mass is 16.5. The molecular formula is C23H22N2O3. The molecule has 5 heteroatoms. The van der Waals surface area contributed by atoms with E-state index >= 15 is 0 Å². The number of benzene rings is 3. The van der Waals surface area contributed by atoms with E-state index in [4.69, 9.17) is 4.74 Å². The van der Waals surface area contributed by atoms with E-state index < -0.39 is 0 Å². The summed E-state index contributed by atoms with van der Waals surface area (Å²) in [4.78, 5) is 24.0. The average molecular weight is 374 g/mol. The topological polar surface area (TPSA) is 67.4 Å². The van der Waals surface area contributed by atoms with Gasteiger partial charge in [-0.15, -0.1) is 0 Å². The first kappa shape index (κ1) is 19.2. The summed E-state index contributed by atoms with van der Waals surface area (Å²) in [5, 5.41) is 5.69. The van der Waals surface area contributed by atoms with E-state index in [1.54, 1.807) is 24.3 Å². The largest absolute Gasteiger partial charge is 0.457 e. The summed E-state index contributed by atoms with van der Waals surface area (Å²) in [6.45, 7) is 1.44. The van der Waals surface area contributed by atoms with Gasteiger partial charge in [0, 0.05) is 12.6 Å². The first-order valence-corrected chi connectivity index (χ1v) is 9.05. The number of rotatable bonds is 7. The number of amides is 2. The van der Waals surface area contributed by atoms with Gasteiger partial charge in [0.1, 0.15) is 11.5 Å². The second-order valence-electron chi connectivity index (χ2n) is 6.36.